The van der Waals surface area contributed by atoms with Crippen LogP contribution in [-0.4, -0.2) is 11.5 Å². The van der Waals surface area contributed by atoms with Crippen LogP contribution in [0.4, 0.5) is 0 Å². The van der Waals surface area contributed by atoms with E-state index < -0.39 is 0 Å². The highest BCUT2D eigenvalue weighted by Crippen LogP contribution is 2.36. The number of thiazole rings is 1. The lowest BCUT2D eigenvalue weighted by molar-refractivity contribution is 0.314. The average Bonchev–Trinajstić information content (AvgIpc) is 2.87. The van der Waals surface area contributed by atoms with Crippen molar-refractivity contribution in [3.05, 3.63) is 16.1 Å². The van der Waals surface area contributed by atoms with Gasteiger partial charge < -0.3 is 5.32 Å². The number of aromatic nitrogens is 1. The van der Waals surface area contributed by atoms with Crippen molar-refractivity contribution in [3.8, 4) is 0 Å². The smallest absolute Gasteiger partial charge is 0.0982 e. The Morgan fingerprint density at radius 3 is 2.56 bits per heavy atom. The maximum absolute atomic E-state index is 4.72. The number of rotatable bonds is 4. The quantitative estimate of drug-likeness (QED) is 0.887. The van der Waals surface area contributed by atoms with Gasteiger partial charge in [-0.2, -0.15) is 0 Å². The zero-order valence-electron chi connectivity index (χ0n) is 12.2. The van der Waals surface area contributed by atoms with Gasteiger partial charge in [-0.05, 0) is 18.3 Å². The van der Waals surface area contributed by atoms with E-state index in [0.717, 1.165) is 13.1 Å². The summed E-state index contributed by atoms with van der Waals surface area (Å²) in [6.45, 7) is 11.1. The van der Waals surface area contributed by atoms with Gasteiger partial charge in [-0.1, -0.05) is 40.5 Å². The minimum atomic E-state index is 0.181. The summed E-state index contributed by atoms with van der Waals surface area (Å²) in [4.78, 5) is 4.72. The lowest BCUT2D eigenvalue weighted by Gasteiger charge is -2.23. The van der Waals surface area contributed by atoms with E-state index in [1.807, 2.05) is 0 Å². The van der Waals surface area contributed by atoms with Crippen LogP contribution < -0.4 is 5.32 Å². The van der Waals surface area contributed by atoms with Gasteiger partial charge in [0.15, 0.2) is 0 Å². The second kappa shape index (κ2) is 5.30. The first-order chi connectivity index (χ1) is 8.39. The molecule has 0 amide bonds. The molecule has 2 nitrogen and oxygen atoms in total. The molecule has 102 valence electrons. The van der Waals surface area contributed by atoms with Crippen LogP contribution in [0.1, 0.15) is 64.1 Å². The van der Waals surface area contributed by atoms with Crippen molar-refractivity contribution in [2.24, 2.45) is 5.41 Å². The number of nitrogens with zero attached hydrogens (tertiary/aromatic N) is 1. The molecule has 1 saturated carbocycles. The molecule has 0 spiro atoms. The van der Waals surface area contributed by atoms with Crippen molar-refractivity contribution in [1.82, 2.24) is 10.3 Å². The van der Waals surface area contributed by atoms with Gasteiger partial charge in [-0.3, -0.25) is 0 Å². The van der Waals surface area contributed by atoms with Crippen molar-refractivity contribution >= 4 is 11.3 Å². The number of hydrogen-bond donors (Lipinski definition) is 1. The summed E-state index contributed by atoms with van der Waals surface area (Å²) >= 11 is 1.79. The summed E-state index contributed by atoms with van der Waals surface area (Å²) in [5.41, 5.74) is 1.91. The molecule has 3 heteroatoms. The van der Waals surface area contributed by atoms with Crippen molar-refractivity contribution in [1.29, 1.82) is 0 Å². The number of hydrogen-bond acceptors (Lipinski definition) is 3. The minimum absolute atomic E-state index is 0.181. The van der Waals surface area contributed by atoms with E-state index in [1.165, 1.54) is 36.4 Å². The zero-order valence-corrected chi connectivity index (χ0v) is 13.0. The highest BCUT2D eigenvalue weighted by Gasteiger charge is 2.28. The minimum Gasteiger partial charge on any atom is -0.311 e. The van der Waals surface area contributed by atoms with Crippen LogP contribution in [0, 0.1) is 5.41 Å². The zero-order chi connectivity index (χ0) is 13.2. The average molecular weight is 266 g/mol. The standard InChI is InChI=1S/C15H26N2S/c1-14(2,3)13-17-12(10-18-13)9-16-11-15(4)7-5-6-8-15/h10,16H,5-9,11H2,1-4H3. The van der Waals surface area contributed by atoms with Crippen molar-refractivity contribution < 1.29 is 0 Å². The molecule has 0 atom stereocenters. The van der Waals surface area contributed by atoms with E-state index in [-0.39, 0.29) is 5.41 Å². The number of nitrogens with one attached hydrogen (secondary N) is 1. The fourth-order valence-corrected chi connectivity index (χ4v) is 3.54. The fraction of sp³-hybridized carbons (Fsp3) is 0.800. The summed E-state index contributed by atoms with van der Waals surface area (Å²) in [5.74, 6) is 0. The van der Waals surface area contributed by atoms with Crippen LogP contribution >= 0.6 is 11.3 Å². The summed E-state index contributed by atoms with van der Waals surface area (Å²) < 4.78 is 0. The van der Waals surface area contributed by atoms with Gasteiger partial charge in [-0.25, -0.2) is 4.98 Å². The Hall–Kier alpha value is -0.410. The lowest BCUT2D eigenvalue weighted by atomic mass is 9.89. The Labute approximate surface area is 115 Å². The Bertz CT molecular complexity index is 383. The molecule has 0 bridgehead atoms. The topological polar surface area (TPSA) is 24.9 Å². The normalized spacial score (nSPS) is 19.3. The van der Waals surface area contributed by atoms with Gasteiger partial charge >= 0.3 is 0 Å². The van der Waals surface area contributed by atoms with Crippen LogP contribution in [0.15, 0.2) is 5.38 Å². The van der Waals surface area contributed by atoms with Crippen LogP contribution in [0.3, 0.4) is 0 Å². The van der Waals surface area contributed by atoms with E-state index in [4.69, 9.17) is 4.98 Å². The van der Waals surface area contributed by atoms with Crippen LogP contribution in [0.5, 0.6) is 0 Å². The Balaban J connectivity index is 1.82. The molecule has 1 N–H and O–H groups in total. The largest absolute Gasteiger partial charge is 0.311 e. The first-order valence-electron chi connectivity index (χ1n) is 7.05. The van der Waals surface area contributed by atoms with Crippen LogP contribution in [0.2, 0.25) is 0 Å². The SMILES string of the molecule is CC1(CNCc2csc(C(C)(C)C)n2)CCCC1. The van der Waals surface area contributed by atoms with Crippen molar-refractivity contribution in [2.75, 3.05) is 6.54 Å². The van der Waals surface area contributed by atoms with Crippen molar-refractivity contribution in [3.63, 3.8) is 0 Å². The van der Waals surface area contributed by atoms with E-state index in [9.17, 15) is 0 Å². The summed E-state index contributed by atoms with van der Waals surface area (Å²) in [5, 5.41) is 7.03. The molecule has 0 aromatic carbocycles. The first-order valence-corrected chi connectivity index (χ1v) is 7.93. The Kier molecular flexibility index (Phi) is 4.12. The molecule has 18 heavy (non-hydrogen) atoms. The monoisotopic (exact) mass is 266 g/mol. The Morgan fingerprint density at radius 2 is 2.00 bits per heavy atom. The van der Waals surface area contributed by atoms with Crippen molar-refractivity contribution in [2.45, 2.75) is 65.3 Å². The third-order valence-corrected chi connectivity index (χ3v) is 5.18. The summed E-state index contributed by atoms with van der Waals surface area (Å²) in [6.07, 6.45) is 5.57. The molecule has 2 rings (SSSR count). The third-order valence-electron chi connectivity index (χ3n) is 3.86. The molecule has 1 fully saturated rings. The molecular formula is C15H26N2S. The summed E-state index contributed by atoms with van der Waals surface area (Å²) in [7, 11) is 0. The van der Waals surface area contributed by atoms with E-state index in [0.29, 0.717) is 5.41 Å². The molecule has 0 aliphatic heterocycles. The second-order valence-corrected chi connectivity index (χ2v) is 7.87. The van der Waals surface area contributed by atoms with Crippen LogP contribution in [-0.2, 0) is 12.0 Å². The predicted octanol–water partition coefficient (Wildman–Crippen LogP) is 4.11. The molecule has 0 unspecified atom stereocenters. The van der Waals surface area contributed by atoms with Gasteiger partial charge in [-0.15, -0.1) is 11.3 Å². The highest BCUT2D eigenvalue weighted by molar-refractivity contribution is 7.09. The van der Waals surface area contributed by atoms with Gasteiger partial charge in [0.05, 0.1) is 10.7 Å². The molecule has 1 aromatic rings. The molecule has 1 aliphatic carbocycles. The molecule has 0 saturated heterocycles. The third kappa shape index (κ3) is 3.55. The second-order valence-electron chi connectivity index (χ2n) is 7.02. The molecular weight excluding hydrogens is 240 g/mol. The van der Waals surface area contributed by atoms with E-state index in [2.05, 4.69) is 38.4 Å². The Morgan fingerprint density at radius 1 is 1.33 bits per heavy atom. The maximum atomic E-state index is 4.72. The maximum Gasteiger partial charge on any atom is 0.0982 e. The van der Waals surface area contributed by atoms with Gasteiger partial charge in [0, 0.05) is 23.9 Å². The first kappa shape index (κ1) is 14.0. The molecule has 0 radical (unpaired) electrons. The molecule has 1 heterocycles. The van der Waals surface area contributed by atoms with Crippen LogP contribution in [0.25, 0.3) is 0 Å². The lowest BCUT2D eigenvalue weighted by Crippen LogP contribution is -2.29. The van der Waals surface area contributed by atoms with Gasteiger partial charge in [0.2, 0.25) is 0 Å². The van der Waals surface area contributed by atoms with Gasteiger partial charge in [0.25, 0.3) is 0 Å². The molecule has 1 aromatic heterocycles. The summed E-state index contributed by atoms with van der Waals surface area (Å²) in [6, 6.07) is 0. The van der Waals surface area contributed by atoms with E-state index >= 15 is 0 Å². The molecule has 1 aliphatic rings. The van der Waals surface area contributed by atoms with E-state index in [1.54, 1.807) is 11.3 Å². The predicted molar refractivity (Wildman–Crippen MR) is 79.1 cm³/mol. The highest BCUT2D eigenvalue weighted by atomic mass is 32.1. The fourth-order valence-electron chi connectivity index (χ4n) is 2.63. The van der Waals surface area contributed by atoms with Gasteiger partial charge in [0.1, 0.15) is 0 Å².